The topological polar surface area (TPSA) is 38.9 Å². The maximum Gasteiger partial charge on any atom is 0.180 e. The van der Waals surface area contributed by atoms with Crippen LogP contribution in [0.15, 0.2) is 174 Å². The van der Waals surface area contributed by atoms with Gasteiger partial charge in [-0.15, -0.1) is 0 Å². The van der Waals surface area contributed by atoms with Gasteiger partial charge in [0.1, 0.15) is 16.8 Å². The first kappa shape index (κ1) is 27.4. The molecular weight excluding hydrogens is 609 g/mol. The second-order valence-electron chi connectivity index (χ2n) is 13.3. The lowest BCUT2D eigenvalue weighted by Gasteiger charge is -2.30. The fourth-order valence-electron chi connectivity index (χ4n) is 8.61. The maximum absolute atomic E-state index is 6.57. The van der Waals surface area contributed by atoms with Crippen molar-refractivity contribution in [2.24, 2.45) is 0 Å². The SMILES string of the molecule is c1ccc(-c2ccc3oc4c(-c5ccccc5)nc(-c5ccc6c(c5)C5(c7ccccc7-c7ccccc75)c5ccccc5-6)nc4c3c2)cc1. The molecule has 2 aliphatic carbocycles. The molecule has 3 heteroatoms. The summed E-state index contributed by atoms with van der Waals surface area (Å²) >= 11 is 0. The molecule has 232 valence electrons. The van der Waals surface area contributed by atoms with Crippen molar-refractivity contribution in [1.82, 2.24) is 9.97 Å². The highest BCUT2D eigenvalue weighted by atomic mass is 16.3. The van der Waals surface area contributed by atoms with Crippen LogP contribution in [0.2, 0.25) is 0 Å². The van der Waals surface area contributed by atoms with Crippen molar-refractivity contribution in [1.29, 1.82) is 0 Å². The van der Waals surface area contributed by atoms with Gasteiger partial charge in [-0.1, -0.05) is 152 Å². The summed E-state index contributed by atoms with van der Waals surface area (Å²) in [5, 5.41) is 0.978. The van der Waals surface area contributed by atoms with E-state index in [0.717, 1.165) is 44.4 Å². The Hall–Kier alpha value is -6.58. The van der Waals surface area contributed by atoms with Crippen LogP contribution in [-0.4, -0.2) is 9.97 Å². The zero-order valence-corrected chi connectivity index (χ0v) is 27.0. The molecule has 0 amide bonds. The first-order chi connectivity index (χ1) is 24.8. The molecule has 7 aromatic carbocycles. The predicted molar refractivity (Wildman–Crippen MR) is 202 cm³/mol. The van der Waals surface area contributed by atoms with Gasteiger partial charge < -0.3 is 4.42 Å². The van der Waals surface area contributed by atoms with Gasteiger partial charge in [0.2, 0.25) is 0 Å². The third-order valence-electron chi connectivity index (χ3n) is 10.7. The molecule has 2 aromatic heterocycles. The van der Waals surface area contributed by atoms with Crippen molar-refractivity contribution in [3.8, 4) is 56.0 Å². The molecule has 2 aliphatic rings. The summed E-state index contributed by atoms with van der Waals surface area (Å²) in [6.07, 6.45) is 0. The maximum atomic E-state index is 6.57. The van der Waals surface area contributed by atoms with E-state index in [-0.39, 0.29) is 0 Å². The lowest BCUT2D eigenvalue weighted by atomic mass is 9.70. The molecule has 2 heterocycles. The lowest BCUT2D eigenvalue weighted by Crippen LogP contribution is -2.25. The van der Waals surface area contributed by atoms with Crippen LogP contribution in [0, 0.1) is 0 Å². The molecule has 9 aromatic rings. The molecule has 50 heavy (non-hydrogen) atoms. The molecule has 0 unspecified atom stereocenters. The molecule has 0 radical (unpaired) electrons. The highest BCUT2D eigenvalue weighted by molar-refractivity contribution is 6.08. The first-order valence-electron chi connectivity index (χ1n) is 17.1. The van der Waals surface area contributed by atoms with Crippen LogP contribution in [-0.2, 0) is 5.41 Å². The van der Waals surface area contributed by atoms with E-state index in [1.54, 1.807) is 0 Å². The number of rotatable bonds is 3. The van der Waals surface area contributed by atoms with Crippen molar-refractivity contribution < 1.29 is 4.42 Å². The Labute approximate surface area is 289 Å². The van der Waals surface area contributed by atoms with Crippen LogP contribution in [0.5, 0.6) is 0 Å². The molecule has 0 atom stereocenters. The monoisotopic (exact) mass is 636 g/mol. The van der Waals surface area contributed by atoms with Gasteiger partial charge in [-0.25, -0.2) is 9.97 Å². The molecule has 0 saturated carbocycles. The second kappa shape index (κ2) is 10.2. The standard InChI is InChI=1S/C47H28N2O/c1-3-13-29(14-4-1)31-24-26-42-37(27-31)44-45(50-42)43(30-15-5-2-6-16-30)48-46(49-44)32-23-25-36-35-19-9-12-22-40(35)47(41(36)28-32)38-20-10-7-17-33(38)34-18-8-11-21-39(34)47/h1-28H. The normalized spacial score (nSPS) is 13.4. The fraction of sp³-hybridized carbons (Fsp3) is 0.0213. The van der Waals surface area contributed by atoms with E-state index >= 15 is 0 Å². The second-order valence-corrected chi connectivity index (χ2v) is 13.3. The molecule has 0 N–H and O–H groups in total. The summed E-state index contributed by atoms with van der Waals surface area (Å²) in [4.78, 5) is 10.6. The van der Waals surface area contributed by atoms with E-state index in [4.69, 9.17) is 14.4 Å². The number of furan rings is 1. The van der Waals surface area contributed by atoms with Crippen LogP contribution in [0.3, 0.4) is 0 Å². The molecule has 0 fully saturated rings. The molecule has 0 saturated heterocycles. The molecule has 0 bridgehead atoms. The van der Waals surface area contributed by atoms with E-state index in [1.807, 2.05) is 24.3 Å². The van der Waals surface area contributed by atoms with Gasteiger partial charge >= 0.3 is 0 Å². The van der Waals surface area contributed by atoms with Crippen LogP contribution in [0.25, 0.3) is 78.1 Å². The van der Waals surface area contributed by atoms with Crippen LogP contribution < -0.4 is 0 Å². The van der Waals surface area contributed by atoms with E-state index in [2.05, 4.69) is 146 Å². The van der Waals surface area contributed by atoms with Gasteiger partial charge in [0.05, 0.1) is 5.41 Å². The zero-order chi connectivity index (χ0) is 32.8. The first-order valence-corrected chi connectivity index (χ1v) is 17.1. The van der Waals surface area contributed by atoms with Crippen molar-refractivity contribution in [3.05, 3.63) is 192 Å². The Morgan fingerprint density at radius 2 is 0.940 bits per heavy atom. The average molecular weight is 637 g/mol. The third-order valence-corrected chi connectivity index (χ3v) is 10.7. The Bertz CT molecular complexity index is 2750. The van der Waals surface area contributed by atoms with Crippen molar-refractivity contribution in [2.45, 2.75) is 5.41 Å². The van der Waals surface area contributed by atoms with Crippen molar-refractivity contribution >= 4 is 22.1 Å². The van der Waals surface area contributed by atoms with Gasteiger partial charge in [-0.2, -0.15) is 0 Å². The summed E-state index contributed by atoms with van der Waals surface area (Å²) < 4.78 is 6.57. The molecule has 11 rings (SSSR count). The van der Waals surface area contributed by atoms with Crippen LogP contribution >= 0.6 is 0 Å². The Balaban J connectivity index is 1.19. The van der Waals surface area contributed by atoms with Crippen LogP contribution in [0.1, 0.15) is 22.3 Å². The minimum absolute atomic E-state index is 0.436. The summed E-state index contributed by atoms with van der Waals surface area (Å²) in [6, 6.07) is 60.7. The average Bonchev–Trinajstić information content (AvgIpc) is 3.82. The van der Waals surface area contributed by atoms with Gasteiger partial charge in [0.25, 0.3) is 0 Å². The quantitative estimate of drug-likeness (QED) is 0.194. The molecule has 1 spiro atoms. The Morgan fingerprint density at radius 3 is 1.58 bits per heavy atom. The van der Waals surface area contributed by atoms with Gasteiger partial charge in [0.15, 0.2) is 11.4 Å². The van der Waals surface area contributed by atoms with Gasteiger partial charge in [0, 0.05) is 16.5 Å². The Morgan fingerprint density at radius 1 is 0.400 bits per heavy atom. The summed E-state index contributed by atoms with van der Waals surface area (Å²) in [5.41, 5.74) is 17.2. The van der Waals surface area contributed by atoms with Gasteiger partial charge in [-0.3, -0.25) is 0 Å². The molecule has 3 nitrogen and oxygen atoms in total. The van der Waals surface area contributed by atoms with E-state index in [9.17, 15) is 0 Å². The molecular formula is C47H28N2O. The number of fused-ring (bicyclic) bond motifs is 13. The van der Waals surface area contributed by atoms with Crippen molar-refractivity contribution in [3.63, 3.8) is 0 Å². The number of nitrogens with zero attached hydrogens (tertiary/aromatic N) is 2. The summed E-state index contributed by atoms with van der Waals surface area (Å²) in [6.45, 7) is 0. The fourth-order valence-corrected chi connectivity index (χ4v) is 8.61. The Kier molecular flexibility index (Phi) is 5.59. The van der Waals surface area contributed by atoms with E-state index < -0.39 is 5.41 Å². The predicted octanol–water partition coefficient (Wildman–Crippen LogP) is 11.7. The smallest absolute Gasteiger partial charge is 0.180 e. The summed E-state index contributed by atoms with van der Waals surface area (Å²) in [5.74, 6) is 0.678. The largest absolute Gasteiger partial charge is 0.452 e. The minimum Gasteiger partial charge on any atom is -0.452 e. The number of benzene rings is 7. The van der Waals surface area contributed by atoms with Crippen LogP contribution in [0.4, 0.5) is 0 Å². The van der Waals surface area contributed by atoms with Gasteiger partial charge in [-0.05, 0) is 73.8 Å². The number of hydrogen-bond donors (Lipinski definition) is 0. The summed E-state index contributed by atoms with van der Waals surface area (Å²) in [7, 11) is 0. The number of aromatic nitrogens is 2. The third kappa shape index (κ3) is 3.64. The zero-order valence-electron chi connectivity index (χ0n) is 27.0. The van der Waals surface area contributed by atoms with E-state index in [0.29, 0.717) is 11.4 Å². The van der Waals surface area contributed by atoms with Crippen molar-refractivity contribution in [2.75, 3.05) is 0 Å². The highest BCUT2D eigenvalue weighted by Crippen LogP contribution is 2.63. The lowest BCUT2D eigenvalue weighted by molar-refractivity contribution is 0.667. The number of hydrogen-bond acceptors (Lipinski definition) is 3. The molecule has 0 aliphatic heterocycles. The van der Waals surface area contributed by atoms with E-state index in [1.165, 1.54) is 44.5 Å². The minimum atomic E-state index is -0.436. The highest BCUT2D eigenvalue weighted by Gasteiger charge is 2.51.